The molecule has 4 nitrogen and oxygen atoms in total. The standard InChI is InChI=1S/C11H12N2O2/c1-8-11(15)12-10(14)7-13(8)9-5-3-2-4-6-9/h2-6,8H,7H2,1H3,(H,12,14,15). The maximum absolute atomic E-state index is 11.4. The first-order valence-electron chi connectivity index (χ1n) is 4.84. The van der Waals surface area contributed by atoms with Crippen molar-refractivity contribution in [2.45, 2.75) is 13.0 Å². The summed E-state index contributed by atoms with van der Waals surface area (Å²) in [7, 11) is 0. The molecule has 1 aromatic rings. The topological polar surface area (TPSA) is 49.4 Å². The van der Waals surface area contributed by atoms with Gasteiger partial charge in [-0.1, -0.05) is 18.2 Å². The van der Waals surface area contributed by atoms with E-state index in [0.717, 1.165) is 5.69 Å². The summed E-state index contributed by atoms with van der Waals surface area (Å²) in [5, 5.41) is 2.31. The largest absolute Gasteiger partial charge is 0.350 e. The van der Waals surface area contributed by atoms with Crippen molar-refractivity contribution in [1.82, 2.24) is 5.32 Å². The number of imide groups is 1. The Kier molecular flexibility index (Phi) is 2.41. The number of hydrogen-bond donors (Lipinski definition) is 1. The lowest BCUT2D eigenvalue weighted by atomic mass is 10.1. The van der Waals surface area contributed by atoms with E-state index in [0.29, 0.717) is 0 Å². The molecule has 1 saturated heterocycles. The number of hydrogen-bond acceptors (Lipinski definition) is 3. The third-order valence-corrected chi connectivity index (χ3v) is 2.51. The van der Waals surface area contributed by atoms with Crippen molar-refractivity contribution in [2.75, 3.05) is 11.4 Å². The lowest BCUT2D eigenvalue weighted by Gasteiger charge is -2.33. The first-order valence-corrected chi connectivity index (χ1v) is 4.84. The summed E-state index contributed by atoms with van der Waals surface area (Å²) in [6.07, 6.45) is 0. The smallest absolute Gasteiger partial charge is 0.249 e. The number of para-hydroxylation sites is 1. The Balaban J connectivity index is 2.28. The molecule has 15 heavy (non-hydrogen) atoms. The Morgan fingerprint density at radius 1 is 1.27 bits per heavy atom. The van der Waals surface area contributed by atoms with Crippen LogP contribution in [0.2, 0.25) is 0 Å². The van der Waals surface area contributed by atoms with Crippen LogP contribution in [0.3, 0.4) is 0 Å². The Morgan fingerprint density at radius 2 is 1.93 bits per heavy atom. The quantitative estimate of drug-likeness (QED) is 0.679. The minimum Gasteiger partial charge on any atom is -0.350 e. The van der Waals surface area contributed by atoms with E-state index in [1.54, 1.807) is 11.8 Å². The first kappa shape index (κ1) is 9.71. The molecule has 2 amide bonds. The van der Waals surface area contributed by atoms with Crippen molar-refractivity contribution in [2.24, 2.45) is 0 Å². The van der Waals surface area contributed by atoms with Gasteiger partial charge < -0.3 is 4.90 Å². The van der Waals surface area contributed by atoms with Crippen LogP contribution in [-0.4, -0.2) is 24.4 Å². The fourth-order valence-electron chi connectivity index (χ4n) is 1.65. The molecule has 1 heterocycles. The average Bonchev–Trinajstić information content (AvgIpc) is 2.24. The number of nitrogens with zero attached hydrogens (tertiary/aromatic N) is 1. The highest BCUT2D eigenvalue weighted by atomic mass is 16.2. The predicted molar refractivity (Wildman–Crippen MR) is 56.4 cm³/mol. The molecule has 0 aliphatic carbocycles. The summed E-state index contributed by atoms with van der Waals surface area (Å²) in [6.45, 7) is 2.02. The third kappa shape index (κ3) is 1.83. The monoisotopic (exact) mass is 204 g/mol. The van der Waals surface area contributed by atoms with Gasteiger partial charge in [0.25, 0.3) is 0 Å². The Morgan fingerprint density at radius 3 is 2.60 bits per heavy atom. The molecule has 0 aromatic heterocycles. The van der Waals surface area contributed by atoms with Gasteiger partial charge in [-0.25, -0.2) is 0 Å². The van der Waals surface area contributed by atoms with Gasteiger partial charge in [0, 0.05) is 5.69 Å². The summed E-state index contributed by atoms with van der Waals surface area (Å²) in [5.74, 6) is -0.489. The molecular weight excluding hydrogens is 192 g/mol. The number of anilines is 1. The summed E-state index contributed by atoms with van der Waals surface area (Å²) in [6, 6.07) is 9.16. The fraction of sp³-hybridized carbons (Fsp3) is 0.273. The molecule has 2 rings (SSSR count). The van der Waals surface area contributed by atoms with Crippen LogP contribution >= 0.6 is 0 Å². The van der Waals surface area contributed by atoms with Crippen molar-refractivity contribution in [3.05, 3.63) is 30.3 Å². The zero-order valence-corrected chi connectivity index (χ0v) is 8.43. The van der Waals surface area contributed by atoms with E-state index < -0.39 is 0 Å². The van der Waals surface area contributed by atoms with Crippen LogP contribution in [0.1, 0.15) is 6.92 Å². The predicted octanol–water partition coefficient (Wildman–Crippen LogP) is 0.538. The van der Waals surface area contributed by atoms with Gasteiger partial charge in [-0.15, -0.1) is 0 Å². The second-order valence-corrected chi connectivity index (χ2v) is 3.55. The fourth-order valence-corrected chi connectivity index (χ4v) is 1.65. The van der Waals surface area contributed by atoms with Crippen molar-refractivity contribution < 1.29 is 9.59 Å². The second-order valence-electron chi connectivity index (χ2n) is 3.55. The van der Waals surface area contributed by atoms with Crippen LogP contribution in [0.25, 0.3) is 0 Å². The van der Waals surface area contributed by atoms with Gasteiger partial charge in [0.1, 0.15) is 6.04 Å². The van der Waals surface area contributed by atoms with E-state index in [1.165, 1.54) is 0 Å². The molecule has 0 radical (unpaired) electrons. The number of rotatable bonds is 1. The molecule has 78 valence electrons. The van der Waals surface area contributed by atoms with Crippen LogP contribution in [0, 0.1) is 0 Å². The molecule has 1 N–H and O–H groups in total. The molecule has 1 aliphatic heterocycles. The van der Waals surface area contributed by atoms with E-state index in [9.17, 15) is 9.59 Å². The lowest BCUT2D eigenvalue weighted by Crippen LogP contribution is -2.57. The minimum absolute atomic E-state index is 0.233. The van der Waals surface area contributed by atoms with Gasteiger partial charge in [-0.2, -0.15) is 0 Å². The number of benzene rings is 1. The number of carbonyl (C=O) groups excluding carboxylic acids is 2. The maximum Gasteiger partial charge on any atom is 0.249 e. The molecule has 0 spiro atoms. The number of amides is 2. The van der Waals surface area contributed by atoms with Gasteiger partial charge >= 0.3 is 0 Å². The van der Waals surface area contributed by atoms with Gasteiger partial charge in [0.15, 0.2) is 0 Å². The summed E-state index contributed by atoms with van der Waals surface area (Å²) in [5.41, 5.74) is 0.896. The normalized spacial score (nSPS) is 21.4. The number of nitrogens with one attached hydrogen (secondary N) is 1. The molecule has 0 saturated carbocycles. The van der Waals surface area contributed by atoms with Gasteiger partial charge in [0.2, 0.25) is 11.8 Å². The minimum atomic E-state index is -0.301. The summed E-state index contributed by atoms with van der Waals surface area (Å²) in [4.78, 5) is 24.4. The highest BCUT2D eigenvalue weighted by Gasteiger charge is 2.29. The van der Waals surface area contributed by atoms with Crippen LogP contribution in [0.15, 0.2) is 30.3 Å². The molecule has 1 fully saturated rings. The molecule has 1 atom stereocenters. The van der Waals surface area contributed by atoms with Crippen LogP contribution in [0.4, 0.5) is 5.69 Å². The van der Waals surface area contributed by atoms with E-state index in [1.807, 2.05) is 30.3 Å². The van der Waals surface area contributed by atoms with E-state index in [4.69, 9.17) is 0 Å². The molecule has 0 bridgehead atoms. The molecule has 1 aliphatic rings. The Labute approximate surface area is 87.9 Å². The second kappa shape index (κ2) is 3.73. The van der Waals surface area contributed by atoms with E-state index in [-0.39, 0.29) is 24.4 Å². The summed E-state index contributed by atoms with van der Waals surface area (Å²) < 4.78 is 0. The summed E-state index contributed by atoms with van der Waals surface area (Å²) >= 11 is 0. The molecule has 1 unspecified atom stereocenters. The first-order chi connectivity index (χ1) is 7.18. The number of piperazine rings is 1. The molecular formula is C11H12N2O2. The van der Waals surface area contributed by atoms with Crippen LogP contribution in [0.5, 0.6) is 0 Å². The van der Waals surface area contributed by atoms with Crippen molar-refractivity contribution in [3.63, 3.8) is 0 Å². The SMILES string of the molecule is CC1C(=O)NC(=O)CN1c1ccccc1. The maximum atomic E-state index is 11.4. The molecule has 1 aromatic carbocycles. The Bertz CT molecular complexity index is 389. The highest BCUT2D eigenvalue weighted by molar-refractivity contribution is 6.04. The van der Waals surface area contributed by atoms with Crippen LogP contribution < -0.4 is 10.2 Å². The average molecular weight is 204 g/mol. The van der Waals surface area contributed by atoms with Crippen molar-refractivity contribution >= 4 is 17.5 Å². The van der Waals surface area contributed by atoms with E-state index >= 15 is 0 Å². The zero-order chi connectivity index (χ0) is 10.8. The van der Waals surface area contributed by atoms with Crippen molar-refractivity contribution in [3.8, 4) is 0 Å². The number of carbonyl (C=O) groups is 2. The van der Waals surface area contributed by atoms with E-state index in [2.05, 4.69) is 5.32 Å². The lowest BCUT2D eigenvalue weighted by molar-refractivity contribution is -0.132. The highest BCUT2D eigenvalue weighted by Crippen LogP contribution is 2.17. The zero-order valence-electron chi connectivity index (χ0n) is 8.43. The third-order valence-electron chi connectivity index (χ3n) is 2.51. The van der Waals surface area contributed by atoms with Crippen LogP contribution in [-0.2, 0) is 9.59 Å². The van der Waals surface area contributed by atoms with Gasteiger partial charge in [-0.05, 0) is 19.1 Å². The molecule has 4 heteroatoms. The van der Waals surface area contributed by atoms with Gasteiger partial charge in [0.05, 0.1) is 6.54 Å². The van der Waals surface area contributed by atoms with Crippen molar-refractivity contribution in [1.29, 1.82) is 0 Å². The Hall–Kier alpha value is -1.84. The van der Waals surface area contributed by atoms with Gasteiger partial charge in [-0.3, -0.25) is 14.9 Å².